The molecule has 2 aliphatic heterocycles. The van der Waals surface area contributed by atoms with Crippen molar-refractivity contribution in [3.63, 3.8) is 0 Å². The summed E-state index contributed by atoms with van der Waals surface area (Å²) in [6.07, 6.45) is -4.23. The zero-order valence-electron chi connectivity index (χ0n) is 8.76. The van der Waals surface area contributed by atoms with E-state index in [9.17, 15) is 19.8 Å². The number of rotatable bonds is 2. The van der Waals surface area contributed by atoms with Gasteiger partial charge in [-0.05, 0) is 0 Å². The van der Waals surface area contributed by atoms with Gasteiger partial charge in [-0.1, -0.05) is 0 Å². The summed E-state index contributed by atoms with van der Waals surface area (Å²) in [7, 11) is 0. The molecule has 1 fully saturated rings. The van der Waals surface area contributed by atoms with Gasteiger partial charge < -0.3 is 20.1 Å². The number of hydrogen-bond acceptors (Lipinski definition) is 7. The molecule has 1 amide bonds. The summed E-state index contributed by atoms with van der Waals surface area (Å²) in [4.78, 5) is 22.4. The Labute approximate surface area is 96.1 Å². The zero-order valence-corrected chi connectivity index (χ0v) is 8.76. The van der Waals surface area contributed by atoms with Crippen LogP contribution in [0.25, 0.3) is 0 Å². The van der Waals surface area contributed by atoms with E-state index >= 15 is 0 Å². The number of carbonyl (C=O) groups is 2. The Morgan fingerprint density at radius 2 is 2.12 bits per heavy atom. The van der Waals surface area contributed by atoms with Crippen LogP contribution in [0.5, 0.6) is 0 Å². The van der Waals surface area contributed by atoms with Crippen LogP contribution in [0.4, 0.5) is 0 Å². The Kier molecular flexibility index (Phi) is 3.20. The van der Waals surface area contributed by atoms with Crippen molar-refractivity contribution in [1.29, 1.82) is 0 Å². The van der Waals surface area contributed by atoms with E-state index in [-0.39, 0.29) is 6.42 Å². The summed E-state index contributed by atoms with van der Waals surface area (Å²) in [6, 6.07) is 0. The van der Waals surface area contributed by atoms with Gasteiger partial charge in [0.1, 0.15) is 18.3 Å². The monoisotopic (exact) mass is 244 g/mol. The molecule has 0 aliphatic carbocycles. The highest BCUT2D eigenvalue weighted by Crippen LogP contribution is 2.25. The number of carbonyl (C=O) groups excluding carboxylic acids is 2. The van der Waals surface area contributed by atoms with E-state index in [0.717, 1.165) is 11.2 Å². The van der Waals surface area contributed by atoms with Crippen LogP contribution < -0.4 is 0 Å². The number of Topliss-reactive ketones (excluding diaryl/α,β-unsaturated/α-hetero) is 1. The fourth-order valence-corrected chi connectivity index (χ4v) is 1.76. The topological polar surface area (TPSA) is 120 Å². The fraction of sp³-hybridized carbons (Fsp3) is 0.667. The number of hydrazone groups is 1. The molecule has 17 heavy (non-hydrogen) atoms. The highest BCUT2D eigenvalue weighted by Gasteiger charge is 2.47. The molecule has 0 aromatic rings. The van der Waals surface area contributed by atoms with E-state index in [1.165, 1.54) is 0 Å². The zero-order chi connectivity index (χ0) is 12.6. The first-order chi connectivity index (χ1) is 8.04. The molecule has 4 unspecified atom stereocenters. The second-order valence-electron chi connectivity index (χ2n) is 3.85. The number of amides is 1. The number of ketones is 1. The van der Waals surface area contributed by atoms with E-state index in [4.69, 9.17) is 9.84 Å². The third kappa shape index (κ3) is 2.07. The van der Waals surface area contributed by atoms with Gasteiger partial charge in [0.05, 0.1) is 19.2 Å². The molecule has 0 aromatic heterocycles. The number of aliphatic hydroxyl groups is 3. The van der Waals surface area contributed by atoms with Crippen molar-refractivity contribution >= 4 is 17.9 Å². The minimum Gasteiger partial charge on any atom is -0.394 e. The average molecular weight is 244 g/mol. The predicted octanol–water partition coefficient (Wildman–Crippen LogP) is -2.79. The first-order valence-electron chi connectivity index (χ1n) is 5.06. The minimum absolute atomic E-state index is 0.351. The lowest BCUT2D eigenvalue weighted by Gasteiger charge is -2.27. The summed E-state index contributed by atoms with van der Waals surface area (Å²) < 4.78 is 5.11. The van der Waals surface area contributed by atoms with E-state index in [1.54, 1.807) is 0 Å². The van der Waals surface area contributed by atoms with Crippen molar-refractivity contribution in [3.8, 4) is 0 Å². The third-order valence-corrected chi connectivity index (χ3v) is 2.67. The minimum atomic E-state index is -1.37. The van der Waals surface area contributed by atoms with Crippen molar-refractivity contribution in [2.24, 2.45) is 5.10 Å². The van der Waals surface area contributed by atoms with Crippen molar-refractivity contribution in [2.75, 3.05) is 6.61 Å². The first-order valence-corrected chi connectivity index (χ1v) is 5.06. The lowest BCUT2D eigenvalue weighted by Crippen LogP contribution is -2.46. The Hall–Kier alpha value is -1.35. The molecular weight excluding hydrogens is 232 g/mol. The normalized spacial score (nSPS) is 37.9. The number of aliphatic hydroxyl groups excluding tert-OH is 3. The number of nitrogens with zero attached hydrogens (tertiary/aromatic N) is 2. The van der Waals surface area contributed by atoms with Crippen LogP contribution in [-0.4, -0.2) is 69.4 Å². The average Bonchev–Trinajstić information content (AvgIpc) is 2.57. The fourth-order valence-electron chi connectivity index (χ4n) is 1.76. The van der Waals surface area contributed by atoms with Crippen molar-refractivity contribution in [1.82, 2.24) is 5.01 Å². The molecular formula is C9H12N2O6. The SMILES string of the molecule is O=C1C=NN(C2OC(CO)C(O)C2O)C(=O)C1. The first kappa shape index (κ1) is 12.1. The highest BCUT2D eigenvalue weighted by atomic mass is 16.6. The van der Waals surface area contributed by atoms with Crippen LogP contribution in [-0.2, 0) is 14.3 Å². The predicted molar refractivity (Wildman–Crippen MR) is 52.7 cm³/mol. The van der Waals surface area contributed by atoms with Crippen LogP contribution in [0, 0.1) is 0 Å². The summed E-state index contributed by atoms with van der Waals surface area (Å²) in [5, 5.41) is 32.4. The molecule has 94 valence electrons. The maximum Gasteiger partial charge on any atom is 0.253 e. The summed E-state index contributed by atoms with van der Waals surface area (Å²) >= 11 is 0. The molecule has 3 N–H and O–H groups in total. The lowest BCUT2D eigenvalue weighted by molar-refractivity contribution is -0.155. The Bertz CT molecular complexity index is 370. The number of hydrogen-bond donors (Lipinski definition) is 3. The standard InChI is InChI=1S/C9H12N2O6/c12-3-5-7(15)8(16)9(17-5)11-6(14)1-4(13)2-10-11/h2,5,7-9,12,15-16H,1,3H2. The van der Waals surface area contributed by atoms with Gasteiger partial charge in [-0.2, -0.15) is 5.10 Å². The van der Waals surface area contributed by atoms with Gasteiger partial charge in [0.2, 0.25) is 0 Å². The molecule has 2 rings (SSSR count). The van der Waals surface area contributed by atoms with Gasteiger partial charge >= 0.3 is 0 Å². The Morgan fingerprint density at radius 1 is 1.41 bits per heavy atom. The highest BCUT2D eigenvalue weighted by molar-refractivity contribution is 6.33. The molecule has 0 aromatic carbocycles. The maximum atomic E-state index is 11.5. The second-order valence-corrected chi connectivity index (χ2v) is 3.85. The van der Waals surface area contributed by atoms with Crippen LogP contribution >= 0.6 is 0 Å². The van der Waals surface area contributed by atoms with Gasteiger partial charge in [0.15, 0.2) is 12.0 Å². The molecule has 2 aliphatic rings. The maximum absolute atomic E-state index is 11.5. The Morgan fingerprint density at radius 3 is 2.65 bits per heavy atom. The summed E-state index contributed by atoms with van der Waals surface area (Å²) in [5.74, 6) is -1.05. The second kappa shape index (κ2) is 4.49. The van der Waals surface area contributed by atoms with Crippen molar-refractivity contribution in [3.05, 3.63) is 0 Å². The largest absolute Gasteiger partial charge is 0.394 e. The molecule has 8 heteroatoms. The van der Waals surface area contributed by atoms with Gasteiger partial charge in [-0.3, -0.25) is 9.59 Å². The lowest BCUT2D eigenvalue weighted by atomic mass is 10.1. The molecule has 0 bridgehead atoms. The van der Waals surface area contributed by atoms with Gasteiger partial charge in [-0.15, -0.1) is 0 Å². The molecule has 0 spiro atoms. The van der Waals surface area contributed by atoms with Gasteiger partial charge in [0, 0.05) is 0 Å². The van der Waals surface area contributed by atoms with Crippen LogP contribution in [0.2, 0.25) is 0 Å². The van der Waals surface area contributed by atoms with E-state index in [2.05, 4.69) is 5.10 Å². The summed E-state index contributed by atoms with van der Waals surface area (Å²) in [5.41, 5.74) is 0. The number of ether oxygens (including phenoxy) is 1. The van der Waals surface area contributed by atoms with Gasteiger partial charge in [0.25, 0.3) is 5.91 Å². The molecule has 2 heterocycles. The molecule has 1 saturated heterocycles. The summed E-state index contributed by atoms with van der Waals surface area (Å²) in [6.45, 7) is -0.487. The quantitative estimate of drug-likeness (QED) is 0.452. The molecule has 8 nitrogen and oxygen atoms in total. The van der Waals surface area contributed by atoms with Crippen LogP contribution in [0.3, 0.4) is 0 Å². The van der Waals surface area contributed by atoms with Crippen molar-refractivity contribution in [2.45, 2.75) is 31.0 Å². The van der Waals surface area contributed by atoms with E-state index in [0.29, 0.717) is 0 Å². The molecule has 0 saturated carbocycles. The Balaban J connectivity index is 2.16. The molecule has 0 radical (unpaired) electrons. The van der Waals surface area contributed by atoms with Crippen LogP contribution in [0.15, 0.2) is 5.10 Å². The van der Waals surface area contributed by atoms with E-state index < -0.39 is 42.8 Å². The molecule has 4 atom stereocenters. The van der Waals surface area contributed by atoms with Gasteiger partial charge in [-0.25, -0.2) is 5.01 Å². The van der Waals surface area contributed by atoms with Crippen LogP contribution in [0.1, 0.15) is 6.42 Å². The smallest absolute Gasteiger partial charge is 0.253 e. The van der Waals surface area contributed by atoms with Crippen molar-refractivity contribution < 1.29 is 29.6 Å². The third-order valence-electron chi connectivity index (χ3n) is 2.67. The van der Waals surface area contributed by atoms with E-state index in [1.807, 2.05) is 0 Å².